The Hall–Kier alpha value is -2.07. The Bertz CT molecular complexity index is 601. The second-order valence-electron chi connectivity index (χ2n) is 4.55. The third-order valence-electron chi connectivity index (χ3n) is 2.96. The minimum atomic E-state index is -0.308. The largest absolute Gasteiger partial charge is 0.385 e. The minimum Gasteiger partial charge on any atom is -0.385 e. The molecule has 0 atom stereocenters. The van der Waals surface area contributed by atoms with Gasteiger partial charge in [0, 0.05) is 35.8 Å². The Kier molecular flexibility index (Phi) is 5.58. The number of halogens is 2. The Balaban J connectivity index is 1.70. The lowest BCUT2D eigenvalue weighted by atomic mass is 10.2. The van der Waals surface area contributed by atoms with Crippen LogP contribution in [0.15, 0.2) is 48.5 Å². The standard InChI is InChI=1S/C16H16ClFN2O/c17-13-5-7-14(8-6-13)19-10-9-16(21)20-11-12-3-1-2-4-15(12)18/h1-8,19H,9-11H2,(H,20,21). The summed E-state index contributed by atoms with van der Waals surface area (Å²) in [5.41, 5.74) is 1.39. The fourth-order valence-electron chi connectivity index (χ4n) is 1.81. The fourth-order valence-corrected chi connectivity index (χ4v) is 1.94. The van der Waals surface area contributed by atoms with Gasteiger partial charge in [0.2, 0.25) is 5.91 Å². The number of rotatable bonds is 6. The molecule has 0 aliphatic rings. The zero-order chi connectivity index (χ0) is 15.1. The molecule has 0 saturated heterocycles. The maximum atomic E-state index is 13.4. The summed E-state index contributed by atoms with van der Waals surface area (Å²) in [6, 6.07) is 13.7. The van der Waals surface area contributed by atoms with Crippen LogP contribution in [-0.4, -0.2) is 12.5 Å². The second kappa shape index (κ2) is 7.64. The van der Waals surface area contributed by atoms with E-state index < -0.39 is 0 Å². The number of hydrogen-bond donors (Lipinski definition) is 2. The van der Waals surface area contributed by atoms with Gasteiger partial charge in [-0.1, -0.05) is 29.8 Å². The predicted molar refractivity (Wildman–Crippen MR) is 82.8 cm³/mol. The first-order chi connectivity index (χ1) is 10.1. The first kappa shape index (κ1) is 15.3. The molecule has 0 aliphatic heterocycles. The number of amides is 1. The summed E-state index contributed by atoms with van der Waals surface area (Å²) in [6.07, 6.45) is 0.317. The molecule has 21 heavy (non-hydrogen) atoms. The van der Waals surface area contributed by atoms with Gasteiger partial charge in [0.15, 0.2) is 0 Å². The van der Waals surface area contributed by atoms with E-state index in [4.69, 9.17) is 11.6 Å². The zero-order valence-electron chi connectivity index (χ0n) is 11.4. The van der Waals surface area contributed by atoms with Crippen molar-refractivity contribution < 1.29 is 9.18 Å². The topological polar surface area (TPSA) is 41.1 Å². The van der Waals surface area contributed by atoms with Crippen LogP contribution in [0.25, 0.3) is 0 Å². The van der Waals surface area contributed by atoms with Gasteiger partial charge in [-0.3, -0.25) is 4.79 Å². The van der Waals surface area contributed by atoms with Crippen molar-refractivity contribution in [3.8, 4) is 0 Å². The second-order valence-corrected chi connectivity index (χ2v) is 4.99. The van der Waals surface area contributed by atoms with E-state index >= 15 is 0 Å². The number of carbonyl (C=O) groups excluding carboxylic acids is 1. The van der Waals surface area contributed by atoms with Crippen LogP contribution >= 0.6 is 11.6 Å². The van der Waals surface area contributed by atoms with Gasteiger partial charge in [-0.05, 0) is 30.3 Å². The highest BCUT2D eigenvalue weighted by atomic mass is 35.5. The van der Waals surface area contributed by atoms with Crippen molar-refractivity contribution in [2.75, 3.05) is 11.9 Å². The lowest BCUT2D eigenvalue weighted by Crippen LogP contribution is -2.25. The van der Waals surface area contributed by atoms with Crippen molar-refractivity contribution in [2.24, 2.45) is 0 Å². The van der Waals surface area contributed by atoms with Gasteiger partial charge in [-0.15, -0.1) is 0 Å². The van der Waals surface area contributed by atoms with Crippen LogP contribution in [0.3, 0.4) is 0 Å². The highest BCUT2D eigenvalue weighted by Crippen LogP contribution is 2.13. The molecule has 0 unspecified atom stereocenters. The van der Waals surface area contributed by atoms with Crippen molar-refractivity contribution in [2.45, 2.75) is 13.0 Å². The molecule has 0 radical (unpaired) electrons. The molecule has 0 aromatic heterocycles. The minimum absolute atomic E-state index is 0.125. The summed E-state index contributed by atoms with van der Waals surface area (Å²) in [5, 5.41) is 6.48. The van der Waals surface area contributed by atoms with E-state index in [0.29, 0.717) is 23.6 Å². The van der Waals surface area contributed by atoms with Gasteiger partial charge in [-0.25, -0.2) is 4.39 Å². The summed E-state index contributed by atoms with van der Waals surface area (Å²) in [5.74, 6) is -0.434. The molecule has 0 spiro atoms. The van der Waals surface area contributed by atoms with Gasteiger partial charge in [0.05, 0.1) is 0 Å². The Morgan fingerprint density at radius 2 is 1.81 bits per heavy atom. The van der Waals surface area contributed by atoms with Crippen LogP contribution in [-0.2, 0) is 11.3 Å². The van der Waals surface area contributed by atoms with Gasteiger partial charge in [0.25, 0.3) is 0 Å². The molecule has 1 amide bonds. The maximum Gasteiger partial charge on any atom is 0.222 e. The first-order valence-corrected chi connectivity index (χ1v) is 7.02. The highest BCUT2D eigenvalue weighted by Gasteiger charge is 2.04. The molecular weight excluding hydrogens is 291 g/mol. The molecule has 2 aromatic rings. The van der Waals surface area contributed by atoms with Crippen LogP contribution in [0.1, 0.15) is 12.0 Å². The Labute approximate surface area is 128 Å². The van der Waals surface area contributed by atoms with E-state index in [0.717, 1.165) is 5.69 Å². The van der Waals surface area contributed by atoms with Crippen molar-refractivity contribution in [1.29, 1.82) is 0 Å². The zero-order valence-corrected chi connectivity index (χ0v) is 12.2. The smallest absolute Gasteiger partial charge is 0.222 e. The predicted octanol–water partition coefficient (Wildman–Crippen LogP) is 3.60. The quantitative estimate of drug-likeness (QED) is 0.856. The summed E-state index contributed by atoms with van der Waals surface area (Å²) >= 11 is 5.79. The molecular formula is C16H16ClFN2O. The number of benzene rings is 2. The number of carbonyl (C=O) groups is 1. The SMILES string of the molecule is O=C(CCNc1ccc(Cl)cc1)NCc1ccccc1F. The molecule has 110 valence electrons. The Morgan fingerprint density at radius 1 is 1.10 bits per heavy atom. The molecule has 3 nitrogen and oxygen atoms in total. The first-order valence-electron chi connectivity index (χ1n) is 6.65. The van der Waals surface area contributed by atoms with Crippen LogP contribution in [0, 0.1) is 5.82 Å². The van der Waals surface area contributed by atoms with Crippen LogP contribution in [0.5, 0.6) is 0 Å². The summed E-state index contributed by atoms with van der Waals surface area (Å²) < 4.78 is 13.4. The summed E-state index contributed by atoms with van der Waals surface area (Å²) in [4.78, 5) is 11.7. The third-order valence-corrected chi connectivity index (χ3v) is 3.21. The Morgan fingerprint density at radius 3 is 2.52 bits per heavy atom. The number of anilines is 1. The lowest BCUT2D eigenvalue weighted by molar-refractivity contribution is -0.121. The van der Waals surface area contributed by atoms with E-state index in [2.05, 4.69) is 10.6 Å². The molecule has 5 heteroatoms. The van der Waals surface area contributed by atoms with E-state index in [1.165, 1.54) is 6.07 Å². The molecule has 2 N–H and O–H groups in total. The van der Waals surface area contributed by atoms with Crippen LogP contribution < -0.4 is 10.6 Å². The van der Waals surface area contributed by atoms with Crippen LogP contribution in [0.2, 0.25) is 5.02 Å². The van der Waals surface area contributed by atoms with E-state index in [-0.39, 0.29) is 18.3 Å². The van der Waals surface area contributed by atoms with Gasteiger partial charge in [0.1, 0.15) is 5.82 Å². The number of nitrogens with one attached hydrogen (secondary N) is 2. The summed E-state index contributed by atoms with van der Waals surface area (Å²) in [7, 11) is 0. The van der Waals surface area contributed by atoms with E-state index in [9.17, 15) is 9.18 Å². The number of hydrogen-bond acceptors (Lipinski definition) is 2. The molecule has 0 saturated carbocycles. The van der Waals surface area contributed by atoms with Crippen LogP contribution in [0.4, 0.5) is 10.1 Å². The van der Waals surface area contributed by atoms with Gasteiger partial charge < -0.3 is 10.6 Å². The molecule has 2 aromatic carbocycles. The molecule has 0 heterocycles. The average molecular weight is 307 g/mol. The molecule has 0 aliphatic carbocycles. The van der Waals surface area contributed by atoms with E-state index in [1.54, 1.807) is 30.3 Å². The molecule has 0 fully saturated rings. The van der Waals surface area contributed by atoms with Gasteiger partial charge in [-0.2, -0.15) is 0 Å². The average Bonchev–Trinajstić information content (AvgIpc) is 2.48. The van der Waals surface area contributed by atoms with E-state index in [1.807, 2.05) is 12.1 Å². The van der Waals surface area contributed by atoms with Crippen molar-refractivity contribution >= 4 is 23.2 Å². The van der Waals surface area contributed by atoms with Crippen molar-refractivity contribution in [1.82, 2.24) is 5.32 Å². The lowest BCUT2D eigenvalue weighted by Gasteiger charge is -2.08. The maximum absolute atomic E-state index is 13.4. The normalized spacial score (nSPS) is 10.2. The molecule has 0 bridgehead atoms. The van der Waals surface area contributed by atoms with Crippen molar-refractivity contribution in [3.63, 3.8) is 0 Å². The van der Waals surface area contributed by atoms with Crippen molar-refractivity contribution in [3.05, 3.63) is 64.9 Å². The third kappa shape index (κ3) is 5.08. The fraction of sp³-hybridized carbons (Fsp3) is 0.188. The monoisotopic (exact) mass is 306 g/mol. The van der Waals surface area contributed by atoms with Gasteiger partial charge >= 0.3 is 0 Å². The molecule has 2 rings (SSSR count). The summed E-state index contributed by atoms with van der Waals surface area (Å²) in [6.45, 7) is 0.706. The highest BCUT2D eigenvalue weighted by molar-refractivity contribution is 6.30.